The van der Waals surface area contributed by atoms with E-state index >= 15 is 0 Å². The van der Waals surface area contributed by atoms with Gasteiger partial charge in [0.25, 0.3) is 5.09 Å². The molecular formula is C23H29NO13. The van der Waals surface area contributed by atoms with Gasteiger partial charge < -0.3 is 28.5 Å². The van der Waals surface area contributed by atoms with Gasteiger partial charge >= 0.3 is 29.8 Å². The molecule has 0 aliphatic rings. The van der Waals surface area contributed by atoms with Crippen molar-refractivity contribution in [2.24, 2.45) is 0 Å². The number of hydrogen-bond acceptors (Lipinski definition) is 13. The van der Waals surface area contributed by atoms with Gasteiger partial charge in [0.05, 0.1) is 19.8 Å². The summed E-state index contributed by atoms with van der Waals surface area (Å²) in [6.07, 6.45) is 2.11. The molecule has 0 atom stereocenters. The minimum absolute atomic E-state index is 0.0206. The quantitative estimate of drug-likeness (QED) is 0.0674. The first-order valence-corrected chi connectivity index (χ1v) is 11.4. The zero-order valence-electron chi connectivity index (χ0n) is 20.3. The molecule has 0 fully saturated rings. The molecule has 204 valence electrons. The normalized spacial score (nSPS) is 10.1. The van der Waals surface area contributed by atoms with E-state index in [1.54, 1.807) is 12.1 Å². The smallest absolute Gasteiger partial charge is 0.344 e. The highest BCUT2D eigenvalue weighted by Crippen LogP contribution is 2.19. The molecule has 0 spiro atoms. The monoisotopic (exact) mass is 527 g/mol. The molecule has 0 radical (unpaired) electrons. The van der Waals surface area contributed by atoms with Crippen LogP contribution >= 0.6 is 0 Å². The lowest BCUT2D eigenvalue weighted by molar-refractivity contribution is -0.757. The van der Waals surface area contributed by atoms with Crippen LogP contribution in [0.15, 0.2) is 24.3 Å². The van der Waals surface area contributed by atoms with Gasteiger partial charge in [-0.15, -0.1) is 10.1 Å². The van der Waals surface area contributed by atoms with Crippen molar-refractivity contribution in [3.8, 4) is 5.75 Å². The Bertz CT molecular complexity index is 931. The highest BCUT2D eigenvalue weighted by molar-refractivity contribution is 5.93. The van der Waals surface area contributed by atoms with Crippen LogP contribution in [-0.2, 0) is 43.0 Å². The summed E-state index contributed by atoms with van der Waals surface area (Å²) in [5.74, 6) is -3.47. The first-order valence-electron chi connectivity index (χ1n) is 11.4. The summed E-state index contributed by atoms with van der Waals surface area (Å²) >= 11 is 0. The SMILES string of the molecule is CC(=O)Oc1ccccc1C(=O)OCCCCCC(=O)OCC(=O)OCC(=O)OCCCCO[N+](=O)[O-]. The van der Waals surface area contributed by atoms with Crippen LogP contribution in [-0.4, -0.2) is 68.0 Å². The molecule has 1 rings (SSSR count). The number of carbonyl (C=O) groups excluding carboxylic acids is 5. The summed E-state index contributed by atoms with van der Waals surface area (Å²) in [6.45, 7) is -0.146. The van der Waals surface area contributed by atoms with E-state index in [1.807, 2.05) is 0 Å². The van der Waals surface area contributed by atoms with Gasteiger partial charge in [0.2, 0.25) is 0 Å². The molecule has 0 saturated heterocycles. The van der Waals surface area contributed by atoms with Gasteiger partial charge in [-0.25, -0.2) is 14.4 Å². The molecule has 14 heteroatoms. The average molecular weight is 527 g/mol. The number of carbonyl (C=O) groups is 5. The van der Waals surface area contributed by atoms with Crippen molar-refractivity contribution >= 4 is 29.8 Å². The van der Waals surface area contributed by atoms with E-state index in [4.69, 9.17) is 18.9 Å². The minimum Gasteiger partial charge on any atom is -0.463 e. The Morgan fingerprint density at radius 3 is 2.05 bits per heavy atom. The van der Waals surface area contributed by atoms with Gasteiger partial charge in [0, 0.05) is 13.3 Å². The summed E-state index contributed by atoms with van der Waals surface area (Å²) in [4.78, 5) is 72.0. The van der Waals surface area contributed by atoms with Gasteiger partial charge in [-0.05, 0) is 44.2 Å². The molecular weight excluding hydrogens is 498 g/mol. The summed E-state index contributed by atoms with van der Waals surface area (Å²) in [6, 6.07) is 6.19. The predicted molar refractivity (Wildman–Crippen MR) is 122 cm³/mol. The Kier molecular flexibility index (Phi) is 15.1. The number of nitrogens with zero attached hydrogens (tertiary/aromatic N) is 1. The fraction of sp³-hybridized carbons (Fsp3) is 0.522. The first-order chi connectivity index (χ1) is 17.7. The van der Waals surface area contributed by atoms with Crippen molar-refractivity contribution in [1.82, 2.24) is 0 Å². The Morgan fingerprint density at radius 2 is 1.35 bits per heavy atom. The molecule has 0 aliphatic carbocycles. The molecule has 0 amide bonds. The van der Waals surface area contributed by atoms with Crippen molar-refractivity contribution in [2.75, 3.05) is 33.0 Å². The summed E-state index contributed by atoms with van der Waals surface area (Å²) in [7, 11) is 0. The highest BCUT2D eigenvalue weighted by Gasteiger charge is 2.15. The second kappa shape index (κ2) is 18.1. The second-order valence-corrected chi connectivity index (χ2v) is 7.34. The van der Waals surface area contributed by atoms with Crippen LogP contribution < -0.4 is 4.74 Å². The lowest BCUT2D eigenvalue weighted by Gasteiger charge is -2.09. The van der Waals surface area contributed by atoms with Gasteiger partial charge in [-0.1, -0.05) is 12.1 Å². The fourth-order valence-corrected chi connectivity index (χ4v) is 2.63. The number of hydrogen-bond donors (Lipinski definition) is 0. The predicted octanol–water partition coefficient (Wildman–Crippen LogP) is 1.95. The number of esters is 5. The summed E-state index contributed by atoms with van der Waals surface area (Å²) in [5, 5.41) is 9.04. The number of rotatable bonds is 18. The summed E-state index contributed by atoms with van der Waals surface area (Å²) < 4.78 is 24.3. The van der Waals surface area contributed by atoms with E-state index in [-0.39, 0.29) is 37.6 Å². The van der Waals surface area contributed by atoms with E-state index in [0.29, 0.717) is 32.1 Å². The Balaban J connectivity index is 2.08. The lowest BCUT2D eigenvalue weighted by atomic mass is 10.2. The number of para-hydroxylation sites is 1. The third-order valence-corrected chi connectivity index (χ3v) is 4.32. The largest absolute Gasteiger partial charge is 0.463 e. The third-order valence-electron chi connectivity index (χ3n) is 4.32. The van der Waals surface area contributed by atoms with Crippen molar-refractivity contribution in [1.29, 1.82) is 0 Å². The number of benzene rings is 1. The van der Waals surface area contributed by atoms with Crippen molar-refractivity contribution < 1.29 is 57.6 Å². The molecule has 1 aromatic carbocycles. The standard InChI is InChI=1S/C23H29NO13/c1-17(25)37-19-10-5-4-9-18(19)23(29)33-13-6-2-3-11-20(26)34-16-22(28)35-15-21(27)32-12-7-8-14-36-24(30)31/h4-5,9-10H,2-3,6-8,11-16H2,1H3. The maximum absolute atomic E-state index is 12.2. The van der Waals surface area contributed by atoms with Crippen LogP contribution in [0.3, 0.4) is 0 Å². The molecule has 0 heterocycles. The number of unbranched alkanes of at least 4 members (excludes halogenated alkanes) is 3. The van der Waals surface area contributed by atoms with Crippen molar-refractivity contribution in [3.63, 3.8) is 0 Å². The molecule has 0 bridgehead atoms. The summed E-state index contributed by atoms with van der Waals surface area (Å²) in [5.41, 5.74) is 0.127. The Morgan fingerprint density at radius 1 is 0.757 bits per heavy atom. The van der Waals surface area contributed by atoms with Gasteiger partial charge in [0.15, 0.2) is 13.2 Å². The van der Waals surface area contributed by atoms with Crippen LogP contribution in [0.2, 0.25) is 0 Å². The van der Waals surface area contributed by atoms with Crippen molar-refractivity contribution in [2.45, 2.75) is 45.4 Å². The van der Waals surface area contributed by atoms with Crippen LogP contribution in [0.4, 0.5) is 0 Å². The molecule has 0 unspecified atom stereocenters. The van der Waals surface area contributed by atoms with E-state index < -0.39 is 48.1 Å². The molecule has 0 aromatic heterocycles. The van der Waals surface area contributed by atoms with E-state index in [2.05, 4.69) is 9.57 Å². The highest BCUT2D eigenvalue weighted by atomic mass is 16.9. The van der Waals surface area contributed by atoms with E-state index in [1.165, 1.54) is 19.1 Å². The lowest BCUT2D eigenvalue weighted by Crippen LogP contribution is -2.21. The van der Waals surface area contributed by atoms with Crippen LogP contribution in [0.5, 0.6) is 5.75 Å². The molecule has 0 saturated carbocycles. The Labute approximate surface area is 212 Å². The molecule has 14 nitrogen and oxygen atoms in total. The first kappa shape index (κ1) is 30.8. The number of ether oxygens (including phenoxy) is 5. The zero-order chi connectivity index (χ0) is 27.5. The molecule has 37 heavy (non-hydrogen) atoms. The van der Waals surface area contributed by atoms with Gasteiger partial charge in [0.1, 0.15) is 11.3 Å². The third kappa shape index (κ3) is 15.4. The van der Waals surface area contributed by atoms with E-state index in [0.717, 1.165) is 0 Å². The molecule has 1 aromatic rings. The average Bonchev–Trinajstić information content (AvgIpc) is 2.85. The van der Waals surface area contributed by atoms with Crippen molar-refractivity contribution in [3.05, 3.63) is 39.9 Å². The minimum atomic E-state index is -0.925. The maximum Gasteiger partial charge on any atom is 0.344 e. The van der Waals surface area contributed by atoms with Gasteiger partial charge in [-0.2, -0.15) is 0 Å². The fourth-order valence-electron chi connectivity index (χ4n) is 2.63. The topological polar surface area (TPSA) is 184 Å². The zero-order valence-corrected chi connectivity index (χ0v) is 20.3. The molecule has 0 N–H and O–H groups in total. The van der Waals surface area contributed by atoms with Crippen LogP contribution in [0.25, 0.3) is 0 Å². The second-order valence-electron chi connectivity index (χ2n) is 7.34. The maximum atomic E-state index is 12.2. The van der Waals surface area contributed by atoms with Crippen LogP contribution in [0.1, 0.15) is 55.8 Å². The van der Waals surface area contributed by atoms with E-state index in [9.17, 15) is 34.1 Å². The van der Waals surface area contributed by atoms with Gasteiger partial charge in [-0.3, -0.25) is 9.59 Å². The Hall–Kier alpha value is -4.23. The van der Waals surface area contributed by atoms with Crippen LogP contribution in [0, 0.1) is 10.1 Å². The molecule has 0 aliphatic heterocycles.